The molecule has 2 heterocycles. The Morgan fingerprint density at radius 2 is 1.51 bits per heavy atom. The van der Waals surface area contributed by atoms with Crippen LogP contribution in [0.1, 0.15) is 55.1 Å². The van der Waals surface area contributed by atoms with Crippen molar-refractivity contribution in [1.82, 2.24) is 15.1 Å². The minimum Gasteiger partial charge on any atom is -0.384 e. The molecular weight excluding hydrogens is 460 g/mol. The number of anilines is 1. The van der Waals surface area contributed by atoms with E-state index in [1.54, 1.807) is 0 Å². The van der Waals surface area contributed by atoms with Crippen molar-refractivity contribution in [3.05, 3.63) is 94.7 Å². The molecule has 2 N–H and O–H groups in total. The first-order chi connectivity index (χ1) is 18.0. The van der Waals surface area contributed by atoms with Gasteiger partial charge in [-0.2, -0.15) is 0 Å². The Morgan fingerprint density at radius 1 is 0.919 bits per heavy atom. The van der Waals surface area contributed by atoms with E-state index in [1.165, 1.54) is 23.8 Å². The first-order valence-corrected chi connectivity index (χ1v) is 13.3. The molecule has 0 spiro atoms. The van der Waals surface area contributed by atoms with Gasteiger partial charge in [0.2, 0.25) is 5.91 Å². The second kappa shape index (κ2) is 12.5. The maximum Gasteiger partial charge on any atom is 0.253 e. The zero-order valence-electron chi connectivity index (χ0n) is 22.2. The van der Waals surface area contributed by atoms with Crippen molar-refractivity contribution in [3.63, 3.8) is 0 Å². The first-order valence-electron chi connectivity index (χ1n) is 13.3. The third kappa shape index (κ3) is 6.77. The summed E-state index contributed by atoms with van der Waals surface area (Å²) in [5.74, 6) is -0.00980. The van der Waals surface area contributed by atoms with Crippen LogP contribution in [0.4, 0.5) is 5.69 Å². The fourth-order valence-electron chi connectivity index (χ4n) is 5.05. The number of likely N-dealkylation sites (tertiary alicyclic amines) is 1. The van der Waals surface area contributed by atoms with E-state index in [-0.39, 0.29) is 11.8 Å². The van der Waals surface area contributed by atoms with E-state index in [2.05, 4.69) is 58.0 Å². The van der Waals surface area contributed by atoms with Crippen LogP contribution in [0.3, 0.4) is 0 Å². The summed E-state index contributed by atoms with van der Waals surface area (Å²) in [5, 5.41) is 6.32. The van der Waals surface area contributed by atoms with Gasteiger partial charge < -0.3 is 15.5 Å². The van der Waals surface area contributed by atoms with Crippen LogP contribution in [-0.2, 0) is 4.79 Å². The Balaban J connectivity index is 1.60. The Hall–Kier alpha value is -3.64. The van der Waals surface area contributed by atoms with E-state index in [9.17, 15) is 9.59 Å². The Kier molecular flexibility index (Phi) is 8.96. The standard InChI is InChI=1S/C31H38N4O2/c1-4-35(5-2)31(37)27-11-9-24(10-12-27)30(25-13-15-28(16-14-25)33-23(3)36)26-17-20-34(21-18-26)22-29-8-6-7-19-32-29/h6-16,32H,4-5,17-22H2,1-3H3,(H,33,36). The number of carbonyl (C=O) groups is 2. The summed E-state index contributed by atoms with van der Waals surface area (Å²) in [6.07, 6.45) is 8.40. The average molecular weight is 499 g/mol. The lowest BCUT2D eigenvalue weighted by Gasteiger charge is -2.31. The molecule has 37 heavy (non-hydrogen) atoms. The summed E-state index contributed by atoms with van der Waals surface area (Å²) in [5.41, 5.74) is 7.69. The van der Waals surface area contributed by atoms with Gasteiger partial charge >= 0.3 is 0 Å². The smallest absolute Gasteiger partial charge is 0.253 e. The predicted octanol–water partition coefficient (Wildman–Crippen LogP) is 5.07. The fraction of sp³-hybridized carbons (Fsp3) is 0.355. The highest BCUT2D eigenvalue weighted by atomic mass is 16.2. The third-order valence-corrected chi connectivity index (χ3v) is 7.05. The molecule has 1 fully saturated rings. The summed E-state index contributed by atoms with van der Waals surface area (Å²) >= 11 is 0. The Bertz CT molecular complexity index is 1180. The predicted molar refractivity (Wildman–Crippen MR) is 151 cm³/mol. The molecule has 2 aliphatic rings. The molecule has 0 saturated carbocycles. The molecule has 6 heteroatoms. The molecule has 1 saturated heterocycles. The number of piperidine rings is 1. The van der Waals surface area contributed by atoms with E-state index in [0.717, 1.165) is 61.4 Å². The summed E-state index contributed by atoms with van der Waals surface area (Å²) < 4.78 is 0. The number of amides is 2. The van der Waals surface area contributed by atoms with Crippen LogP contribution in [0, 0.1) is 0 Å². The van der Waals surface area contributed by atoms with Crippen LogP contribution >= 0.6 is 0 Å². The number of carbonyl (C=O) groups excluding carboxylic acids is 2. The third-order valence-electron chi connectivity index (χ3n) is 7.05. The van der Waals surface area contributed by atoms with Gasteiger partial charge in [-0.05, 0) is 73.7 Å². The maximum absolute atomic E-state index is 12.8. The Labute approximate surface area is 220 Å². The highest BCUT2D eigenvalue weighted by molar-refractivity contribution is 5.95. The maximum atomic E-state index is 12.8. The molecule has 194 valence electrons. The van der Waals surface area contributed by atoms with Crippen LogP contribution in [0.15, 0.2) is 78.0 Å². The lowest BCUT2D eigenvalue weighted by molar-refractivity contribution is -0.114. The molecule has 0 unspecified atom stereocenters. The molecule has 6 nitrogen and oxygen atoms in total. The van der Waals surface area contributed by atoms with Crippen LogP contribution in [0.2, 0.25) is 0 Å². The fourth-order valence-corrected chi connectivity index (χ4v) is 5.05. The van der Waals surface area contributed by atoms with Gasteiger partial charge in [-0.15, -0.1) is 0 Å². The van der Waals surface area contributed by atoms with E-state index < -0.39 is 0 Å². The molecule has 2 aromatic rings. The lowest BCUT2D eigenvalue weighted by atomic mass is 9.88. The number of hydrogen-bond donors (Lipinski definition) is 2. The quantitative estimate of drug-likeness (QED) is 0.534. The molecule has 0 radical (unpaired) electrons. The monoisotopic (exact) mass is 498 g/mol. The van der Waals surface area contributed by atoms with E-state index in [1.807, 2.05) is 43.0 Å². The van der Waals surface area contributed by atoms with Gasteiger partial charge in [-0.3, -0.25) is 14.5 Å². The molecule has 2 amide bonds. The second-order valence-electron chi connectivity index (χ2n) is 9.57. The minimum absolute atomic E-state index is 0.0687. The van der Waals surface area contributed by atoms with Gasteiger partial charge in [-0.1, -0.05) is 42.0 Å². The van der Waals surface area contributed by atoms with Gasteiger partial charge in [-0.25, -0.2) is 0 Å². The summed E-state index contributed by atoms with van der Waals surface area (Å²) in [4.78, 5) is 28.7. The first kappa shape index (κ1) is 26.4. The highest BCUT2D eigenvalue weighted by Crippen LogP contribution is 2.33. The van der Waals surface area contributed by atoms with Gasteiger partial charge in [0.25, 0.3) is 5.91 Å². The number of benzene rings is 2. The average Bonchev–Trinajstić information content (AvgIpc) is 2.92. The summed E-state index contributed by atoms with van der Waals surface area (Å²) in [7, 11) is 0. The van der Waals surface area contributed by atoms with Crippen molar-refractivity contribution < 1.29 is 9.59 Å². The van der Waals surface area contributed by atoms with Gasteiger partial charge in [0.1, 0.15) is 0 Å². The van der Waals surface area contributed by atoms with E-state index in [4.69, 9.17) is 0 Å². The van der Waals surface area contributed by atoms with E-state index >= 15 is 0 Å². The van der Waals surface area contributed by atoms with Gasteiger partial charge in [0.05, 0.1) is 0 Å². The SMILES string of the molecule is CCN(CC)C(=O)c1ccc(C(=C2CCN(CC3=CC=CCN3)CC2)c2ccc(NC(C)=O)cc2)cc1. The number of dihydropyridines is 1. The largest absolute Gasteiger partial charge is 0.384 e. The number of nitrogens with zero attached hydrogens (tertiary/aromatic N) is 2. The van der Waals surface area contributed by atoms with Gasteiger partial charge in [0, 0.05) is 63.1 Å². The topological polar surface area (TPSA) is 64.7 Å². The molecule has 4 rings (SSSR count). The number of hydrogen-bond acceptors (Lipinski definition) is 4. The number of allylic oxidation sites excluding steroid dienone is 2. The van der Waals surface area contributed by atoms with Gasteiger partial charge in [0.15, 0.2) is 0 Å². The number of nitrogens with one attached hydrogen (secondary N) is 2. The normalized spacial score (nSPS) is 15.5. The molecule has 0 atom stereocenters. The molecular formula is C31H38N4O2. The highest BCUT2D eigenvalue weighted by Gasteiger charge is 2.21. The molecule has 0 aliphatic carbocycles. The van der Waals surface area contributed by atoms with Crippen molar-refractivity contribution >= 4 is 23.1 Å². The summed E-state index contributed by atoms with van der Waals surface area (Å²) in [6, 6.07) is 16.1. The second-order valence-corrected chi connectivity index (χ2v) is 9.57. The minimum atomic E-state index is -0.0785. The van der Waals surface area contributed by atoms with Crippen LogP contribution < -0.4 is 10.6 Å². The molecule has 2 aromatic carbocycles. The Morgan fingerprint density at radius 3 is 2.05 bits per heavy atom. The van der Waals surface area contributed by atoms with Crippen LogP contribution in [-0.4, -0.2) is 60.9 Å². The van der Waals surface area contributed by atoms with Crippen molar-refractivity contribution in [2.75, 3.05) is 44.6 Å². The molecule has 0 bridgehead atoms. The summed E-state index contributed by atoms with van der Waals surface area (Å²) in [6.45, 7) is 10.8. The molecule has 0 aromatic heterocycles. The van der Waals surface area contributed by atoms with Crippen LogP contribution in [0.5, 0.6) is 0 Å². The van der Waals surface area contributed by atoms with Crippen LogP contribution in [0.25, 0.3) is 5.57 Å². The molecule has 2 aliphatic heterocycles. The zero-order valence-corrected chi connectivity index (χ0v) is 22.2. The lowest BCUT2D eigenvalue weighted by Crippen LogP contribution is -2.36. The number of rotatable bonds is 8. The zero-order chi connectivity index (χ0) is 26.2. The van der Waals surface area contributed by atoms with Crippen molar-refractivity contribution in [3.8, 4) is 0 Å². The van der Waals surface area contributed by atoms with Crippen molar-refractivity contribution in [1.29, 1.82) is 0 Å². The van der Waals surface area contributed by atoms with E-state index in [0.29, 0.717) is 13.1 Å². The van der Waals surface area contributed by atoms with Crippen molar-refractivity contribution in [2.24, 2.45) is 0 Å². The van der Waals surface area contributed by atoms with Crippen molar-refractivity contribution in [2.45, 2.75) is 33.6 Å².